The Morgan fingerprint density at radius 1 is 1.08 bits per heavy atom. The van der Waals surface area contributed by atoms with E-state index in [2.05, 4.69) is 20.8 Å². The van der Waals surface area contributed by atoms with E-state index in [1.807, 2.05) is 19.9 Å². The number of ether oxygens (including phenoxy) is 3. The molecular formula is C18H26O5S. The fraction of sp³-hybridized carbons (Fsp3) is 0.556. The maximum Gasteiger partial charge on any atom is 0.513 e. The van der Waals surface area contributed by atoms with Gasteiger partial charge in [-0.3, -0.25) is 0 Å². The highest BCUT2D eigenvalue weighted by molar-refractivity contribution is 8.13. The van der Waals surface area contributed by atoms with Gasteiger partial charge < -0.3 is 14.2 Å². The van der Waals surface area contributed by atoms with Crippen molar-refractivity contribution in [3.8, 4) is 5.75 Å². The number of carbonyl (C=O) groups is 2. The molecular weight excluding hydrogens is 328 g/mol. The molecule has 0 amide bonds. The molecule has 1 aromatic carbocycles. The van der Waals surface area contributed by atoms with E-state index in [1.165, 1.54) is 0 Å². The Morgan fingerprint density at radius 3 is 2.17 bits per heavy atom. The first kappa shape index (κ1) is 20.4. The minimum Gasteiger partial charge on any atom is -0.458 e. The largest absolute Gasteiger partial charge is 0.513 e. The van der Waals surface area contributed by atoms with Crippen molar-refractivity contribution in [1.82, 2.24) is 0 Å². The summed E-state index contributed by atoms with van der Waals surface area (Å²) in [4.78, 5) is 24.3. The molecule has 0 aromatic heterocycles. The smallest absolute Gasteiger partial charge is 0.458 e. The van der Waals surface area contributed by atoms with Crippen molar-refractivity contribution in [2.24, 2.45) is 0 Å². The Hall–Kier alpha value is -1.69. The molecule has 1 aromatic rings. The highest BCUT2D eigenvalue weighted by Crippen LogP contribution is 2.41. The first-order valence-corrected chi connectivity index (χ1v) is 8.77. The zero-order valence-electron chi connectivity index (χ0n) is 15.4. The molecule has 6 heteroatoms. The monoisotopic (exact) mass is 354 g/mol. The van der Waals surface area contributed by atoms with Crippen molar-refractivity contribution in [1.29, 1.82) is 0 Å². The van der Waals surface area contributed by atoms with Crippen molar-refractivity contribution in [3.05, 3.63) is 22.8 Å². The van der Waals surface area contributed by atoms with Crippen LogP contribution in [0.2, 0.25) is 0 Å². The summed E-state index contributed by atoms with van der Waals surface area (Å²) in [5.41, 5.74) is 2.64. The van der Waals surface area contributed by atoms with E-state index in [0.29, 0.717) is 10.6 Å². The van der Waals surface area contributed by atoms with E-state index in [-0.39, 0.29) is 18.6 Å². The number of aryl methyl sites for hydroxylation is 1. The summed E-state index contributed by atoms with van der Waals surface area (Å²) in [6.45, 7) is 14.0. The highest BCUT2D eigenvalue weighted by atomic mass is 32.2. The Morgan fingerprint density at radius 2 is 1.67 bits per heavy atom. The first-order valence-electron chi connectivity index (χ1n) is 7.95. The quantitative estimate of drug-likeness (QED) is 0.411. The lowest BCUT2D eigenvalue weighted by atomic mass is 9.83. The Bertz CT molecular complexity index is 617. The lowest BCUT2D eigenvalue weighted by Gasteiger charge is -2.25. The second-order valence-corrected chi connectivity index (χ2v) is 7.29. The van der Waals surface area contributed by atoms with Crippen molar-refractivity contribution >= 4 is 23.2 Å². The van der Waals surface area contributed by atoms with Crippen LogP contribution in [0.4, 0.5) is 9.59 Å². The van der Waals surface area contributed by atoms with Crippen LogP contribution in [0.1, 0.15) is 51.3 Å². The molecule has 134 valence electrons. The molecule has 0 fully saturated rings. The van der Waals surface area contributed by atoms with Gasteiger partial charge in [0.1, 0.15) is 0 Å². The van der Waals surface area contributed by atoms with Crippen LogP contribution in [0.15, 0.2) is 11.0 Å². The number of rotatable bonds is 4. The van der Waals surface area contributed by atoms with Gasteiger partial charge >= 0.3 is 11.5 Å². The SMILES string of the molecule is CCOC(=O)Oc1c(C)cc(C(C)(C)C)c(C)c1SC(=O)OCC. The van der Waals surface area contributed by atoms with Gasteiger partial charge in [-0.05, 0) is 61.6 Å². The summed E-state index contributed by atoms with van der Waals surface area (Å²) < 4.78 is 15.2. The van der Waals surface area contributed by atoms with Gasteiger partial charge in [-0.1, -0.05) is 26.8 Å². The molecule has 0 N–H and O–H groups in total. The second-order valence-electron chi connectivity index (χ2n) is 6.34. The first-order chi connectivity index (χ1) is 11.1. The van der Waals surface area contributed by atoms with E-state index in [4.69, 9.17) is 14.2 Å². The molecule has 0 heterocycles. The summed E-state index contributed by atoms with van der Waals surface area (Å²) in [5.74, 6) is 0.344. The van der Waals surface area contributed by atoms with Gasteiger partial charge in [0.2, 0.25) is 0 Å². The van der Waals surface area contributed by atoms with Gasteiger partial charge in [0.05, 0.1) is 18.1 Å². The molecule has 0 unspecified atom stereocenters. The molecule has 0 saturated carbocycles. The molecule has 5 nitrogen and oxygen atoms in total. The maximum atomic E-state index is 12.0. The molecule has 0 atom stereocenters. The normalized spacial score (nSPS) is 11.1. The molecule has 24 heavy (non-hydrogen) atoms. The van der Waals surface area contributed by atoms with Crippen molar-refractivity contribution in [2.75, 3.05) is 13.2 Å². The number of hydrogen-bond acceptors (Lipinski definition) is 6. The predicted molar refractivity (Wildman–Crippen MR) is 95.1 cm³/mol. The number of carbonyl (C=O) groups excluding carboxylic acids is 2. The van der Waals surface area contributed by atoms with E-state index in [9.17, 15) is 9.59 Å². The van der Waals surface area contributed by atoms with Crippen LogP contribution in [-0.4, -0.2) is 24.7 Å². The van der Waals surface area contributed by atoms with E-state index in [1.54, 1.807) is 13.8 Å². The van der Waals surface area contributed by atoms with Gasteiger partial charge in [0.15, 0.2) is 5.75 Å². The summed E-state index contributed by atoms with van der Waals surface area (Å²) in [6.07, 6.45) is -0.783. The van der Waals surface area contributed by atoms with Gasteiger partial charge in [0.25, 0.3) is 0 Å². The Labute approximate surface area is 148 Å². The third kappa shape index (κ3) is 5.16. The molecule has 0 aliphatic heterocycles. The van der Waals surface area contributed by atoms with Crippen molar-refractivity contribution in [2.45, 2.75) is 58.8 Å². The zero-order valence-corrected chi connectivity index (χ0v) is 16.3. The molecule has 0 spiro atoms. The molecule has 0 radical (unpaired) electrons. The fourth-order valence-electron chi connectivity index (χ4n) is 2.35. The van der Waals surface area contributed by atoms with Crippen LogP contribution < -0.4 is 4.74 Å². The van der Waals surface area contributed by atoms with Crippen LogP contribution in [0.3, 0.4) is 0 Å². The molecule has 1 rings (SSSR count). The minimum atomic E-state index is -0.783. The maximum absolute atomic E-state index is 12.0. The van der Waals surface area contributed by atoms with Crippen molar-refractivity contribution in [3.63, 3.8) is 0 Å². The average Bonchev–Trinajstić information content (AvgIpc) is 2.45. The summed E-state index contributed by atoms with van der Waals surface area (Å²) in [5, 5.41) is -0.431. The van der Waals surface area contributed by atoms with E-state index >= 15 is 0 Å². The van der Waals surface area contributed by atoms with Crippen LogP contribution in [-0.2, 0) is 14.9 Å². The second kappa shape index (κ2) is 8.42. The van der Waals surface area contributed by atoms with Crippen LogP contribution in [0, 0.1) is 13.8 Å². The number of hydrogen-bond donors (Lipinski definition) is 0. The van der Waals surface area contributed by atoms with Crippen LogP contribution >= 0.6 is 11.8 Å². The zero-order chi connectivity index (χ0) is 18.5. The third-order valence-electron chi connectivity index (χ3n) is 3.37. The fourth-order valence-corrected chi connectivity index (χ4v) is 3.25. The van der Waals surface area contributed by atoms with Gasteiger partial charge in [0, 0.05) is 0 Å². The average molecular weight is 354 g/mol. The van der Waals surface area contributed by atoms with Crippen LogP contribution in [0.25, 0.3) is 0 Å². The van der Waals surface area contributed by atoms with Gasteiger partial charge in [-0.15, -0.1) is 0 Å². The minimum absolute atomic E-state index is 0.110. The third-order valence-corrected chi connectivity index (χ3v) is 4.35. The van der Waals surface area contributed by atoms with Gasteiger partial charge in [-0.25, -0.2) is 9.59 Å². The Kier molecular flexibility index (Phi) is 7.14. The van der Waals surface area contributed by atoms with Gasteiger partial charge in [-0.2, -0.15) is 0 Å². The molecule has 0 aliphatic carbocycles. The standard InChI is InChI=1S/C18H26O5S/c1-8-21-16(19)23-14-11(3)10-13(18(5,6)7)12(4)15(14)24-17(20)22-9-2/h10H,8-9H2,1-7H3. The number of thioether (sulfide) groups is 1. The van der Waals surface area contributed by atoms with E-state index < -0.39 is 11.5 Å². The summed E-state index contributed by atoms with van der Waals surface area (Å²) >= 11 is 0.932. The Balaban J connectivity index is 3.42. The van der Waals surface area contributed by atoms with Crippen LogP contribution in [0.5, 0.6) is 5.75 Å². The summed E-state index contributed by atoms with van der Waals surface area (Å²) in [6, 6.07) is 1.99. The summed E-state index contributed by atoms with van der Waals surface area (Å²) in [7, 11) is 0. The molecule has 0 aliphatic rings. The highest BCUT2D eigenvalue weighted by Gasteiger charge is 2.26. The topological polar surface area (TPSA) is 61.8 Å². The van der Waals surface area contributed by atoms with Crippen molar-refractivity contribution < 1.29 is 23.8 Å². The lowest BCUT2D eigenvalue weighted by molar-refractivity contribution is 0.103. The molecule has 0 saturated heterocycles. The number of benzene rings is 1. The van der Waals surface area contributed by atoms with E-state index in [0.717, 1.165) is 28.5 Å². The predicted octanol–water partition coefficient (Wildman–Crippen LogP) is 5.38. The molecule has 0 bridgehead atoms. The lowest BCUT2D eigenvalue weighted by Crippen LogP contribution is -2.17.